The zero-order chi connectivity index (χ0) is 23.3. The summed E-state index contributed by atoms with van der Waals surface area (Å²) in [4.78, 5) is 16.6. The molecule has 0 saturated heterocycles. The number of fused-ring (bicyclic) bond motifs is 2. The number of likely N-dealkylation sites (N-methyl/N-ethyl adjacent to an activating group) is 1. The molecule has 0 aliphatic heterocycles. The third-order valence-corrected chi connectivity index (χ3v) is 7.55. The maximum absolute atomic E-state index is 13.5. The topological polar surface area (TPSA) is 81.5 Å². The molecular weight excluding hydrogens is 447 g/mol. The van der Waals surface area contributed by atoms with Crippen LogP contribution in [0.3, 0.4) is 0 Å². The van der Waals surface area contributed by atoms with Crippen LogP contribution in [0, 0.1) is 0 Å². The van der Waals surface area contributed by atoms with Gasteiger partial charge in [-0.25, -0.2) is 17.4 Å². The monoisotopic (exact) mass is 467 g/mol. The predicted octanol–water partition coefficient (Wildman–Crippen LogP) is 3.16. The lowest BCUT2D eigenvalue weighted by Gasteiger charge is -2.34. The van der Waals surface area contributed by atoms with E-state index in [9.17, 15) is 26.4 Å². The smallest absolute Gasteiger partial charge is 0.471 e. The van der Waals surface area contributed by atoms with Crippen molar-refractivity contribution in [3.8, 4) is 5.75 Å². The van der Waals surface area contributed by atoms with E-state index in [1.54, 1.807) is 18.2 Å². The van der Waals surface area contributed by atoms with Crippen molar-refractivity contribution in [2.45, 2.75) is 36.4 Å². The molecule has 11 heteroatoms. The van der Waals surface area contributed by atoms with Crippen molar-refractivity contribution in [3.05, 3.63) is 53.9 Å². The molecule has 1 aliphatic carbocycles. The van der Waals surface area contributed by atoms with Crippen LogP contribution in [0.5, 0.6) is 5.75 Å². The predicted molar refractivity (Wildman–Crippen MR) is 110 cm³/mol. The van der Waals surface area contributed by atoms with E-state index >= 15 is 0 Å². The minimum absolute atomic E-state index is 0.0414. The SMILES string of the molecule is COc1ccc(S(=O)(=O)n2ccc3cccnc32)c2c1C[C@@H](N(C)C(=O)C(F)(F)F)CC2. The number of carbonyl (C=O) groups is 1. The summed E-state index contributed by atoms with van der Waals surface area (Å²) in [7, 11) is -1.52. The largest absolute Gasteiger partial charge is 0.496 e. The molecule has 0 saturated carbocycles. The number of pyridine rings is 1. The first-order chi connectivity index (χ1) is 15.1. The van der Waals surface area contributed by atoms with Crippen molar-refractivity contribution in [1.82, 2.24) is 13.9 Å². The summed E-state index contributed by atoms with van der Waals surface area (Å²) in [6.07, 6.45) is -1.65. The van der Waals surface area contributed by atoms with E-state index in [0.29, 0.717) is 27.2 Å². The first kappa shape index (κ1) is 22.1. The van der Waals surface area contributed by atoms with Gasteiger partial charge in [-0.2, -0.15) is 13.2 Å². The molecule has 2 heterocycles. The summed E-state index contributed by atoms with van der Waals surface area (Å²) in [5, 5.41) is 0.658. The second-order valence-electron chi connectivity index (χ2n) is 7.57. The van der Waals surface area contributed by atoms with Crippen LogP contribution in [0.4, 0.5) is 13.2 Å². The second-order valence-corrected chi connectivity index (χ2v) is 9.35. The average Bonchev–Trinajstić information content (AvgIpc) is 3.21. The Kier molecular flexibility index (Phi) is 5.40. The molecule has 0 fully saturated rings. The lowest BCUT2D eigenvalue weighted by molar-refractivity contribution is -0.186. The van der Waals surface area contributed by atoms with Gasteiger partial charge in [-0.3, -0.25) is 4.79 Å². The number of halogens is 3. The Hall–Kier alpha value is -3.08. The number of hydrogen-bond donors (Lipinski definition) is 0. The van der Waals surface area contributed by atoms with Crippen molar-refractivity contribution < 1.29 is 31.1 Å². The number of amides is 1. The maximum atomic E-state index is 13.5. The quantitative estimate of drug-likeness (QED) is 0.589. The zero-order valence-electron chi connectivity index (χ0n) is 17.3. The highest BCUT2D eigenvalue weighted by atomic mass is 32.2. The molecule has 1 aliphatic rings. The van der Waals surface area contributed by atoms with Crippen LogP contribution in [0.25, 0.3) is 11.0 Å². The van der Waals surface area contributed by atoms with Gasteiger partial charge < -0.3 is 9.64 Å². The van der Waals surface area contributed by atoms with Crippen molar-refractivity contribution >= 4 is 27.0 Å². The van der Waals surface area contributed by atoms with Gasteiger partial charge in [0.05, 0.1) is 12.0 Å². The Labute approximate surface area is 182 Å². The molecule has 0 spiro atoms. The molecule has 32 heavy (non-hydrogen) atoms. The Balaban J connectivity index is 1.78. The van der Waals surface area contributed by atoms with Gasteiger partial charge in [-0.1, -0.05) is 0 Å². The van der Waals surface area contributed by atoms with E-state index in [4.69, 9.17) is 4.74 Å². The standard InChI is InChI=1S/C21H20F3N3O4S/c1-26(20(28)21(22,23)24)14-5-6-15-16(12-14)17(31-2)7-8-18(15)32(29,30)27-11-9-13-4-3-10-25-19(13)27/h3-4,7-11,14H,5-6,12H2,1-2H3/t14-/m0/s1. The molecule has 7 nitrogen and oxygen atoms in total. The highest BCUT2D eigenvalue weighted by Crippen LogP contribution is 2.37. The summed E-state index contributed by atoms with van der Waals surface area (Å²) in [5.74, 6) is -1.56. The van der Waals surface area contributed by atoms with Crippen LogP contribution in [0.1, 0.15) is 17.5 Å². The molecule has 170 valence electrons. The summed E-state index contributed by atoms with van der Waals surface area (Å²) in [5.41, 5.74) is 1.24. The first-order valence-electron chi connectivity index (χ1n) is 9.76. The molecule has 0 radical (unpaired) electrons. The van der Waals surface area contributed by atoms with Crippen LogP contribution in [-0.2, 0) is 27.7 Å². The normalized spacial score (nSPS) is 16.6. The number of rotatable bonds is 4. The summed E-state index contributed by atoms with van der Waals surface area (Å²) in [6, 6.07) is 7.27. The molecule has 0 N–H and O–H groups in total. The Morgan fingerprint density at radius 3 is 2.66 bits per heavy atom. The van der Waals surface area contributed by atoms with Crippen LogP contribution in [0.15, 0.2) is 47.6 Å². The summed E-state index contributed by atoms with van der Waals surface area (Å²) < 4.78 is 72.2. The molecular formula is C21H20F3N3O4S. The van der Waals surface area contributed by atoms with Gasteiger partial charge in [-0.05, 0) is 55.2 Å². The second kappa shape index (κ2) is 7.80. The van der Waals surface area contributed by atoms with Crippen molar-refractivity contribution in [2.75, 3.05) is 14.2 Å². The van der Waals surface area contributed by atoms with E-state index in [1.807, 2.05) is 0 Å². The number of carbonyl (C=O) groups excluding carboxylic acids is 1. The van der Waals surface area contributed by atoms with Crippen molar-refractivity contribution in [1.29, 1.82) is 0 Å². The first-order valence-corrected chi connectivity index (χ1v) is 11.2. The lowest BCUT2D eigenvalue weighted by Crippen LogP contribution is -2.46. The van der Waals surface area contributed by atoms with Crippen LogP contribution in [-0.4, -0.2) is 54.6 Å². The molecule has 3 aromatic rings. The van der Waals surface area contributed by atoms with E-state index in [1.165, 1.54) is 31.6 Å². The van der Waals surface area contributed by atoms with E-state index in [-0.39, 0.29) is 29.8 Å². The van der Waals surface area contributed by atoms with Crippen LogP contribution < -0.4 is 4.74 Å². The molecule has 1 atom stereocenters. The van der Waals surface area contributed by atoms with Gasteiger partial charge in [-0.15, -0.1) is 0 Å². The minimum Gasteiger partial charge on any atom is -0.496 e. The minimum atomic E-state index is -4.98. The van der Waals surface area contributed by atoms with Gasteiger partial charge in [0.15, 0.2) is 5.65 Å². The van der Waals surface area contributed by atoms with Gasteiger partial charge in [0, 0.05) is 36.4 Å². The number of hydrogen-bond acceptors (Lipinski definition) is 5. The fourth-order valence-corrected chi connectivity index (χ4v) is 5.76. The molecule has 4 rings (SSSR count). The van der Waals surface area contributed by atoms with Gasteiger partial charge in [0.25, 0.3) is 10.0 Å². The number of aromatic nitrogens is 2. The zero-order valence-corrected chi connectivity index (χ0v) is 18.1. The van der Waals surface area contributed by atoms with Crippen LogP contribution >= 0.6 is 0 Å². The van der Waals surface area contributed by atoms with E-state index < -0.39 is 28.1 Å². The van der Waals surface area contributed by atoms with Crippen molar-refractivity contribution in [3.63, 3.8) is 0 Å². The maximum Gasteiger partial charge on any atom is 0.471 e. The number of ether oxygens (including phenoxy) is 1. The molecule has 1 amide bonds. The lowest BCUT2D eigenvalue weighted by atomic mass is 9.86. The Morgan fingerprint density at radius 2 is 1.97 bits per heavy atom. The number of methoxy groups -OCH3 is 1. The van der Waals surface area contributed by atoms with E-state index in [2.05, 4.69) is 4.98 Å². The number of benzene rings is 1. The highest BCUT2D eigenvalue weighted by Gasteiger charge is 2.44. The highest BCUT2D eigenvalue weighted by molar-refractivity contribution is 7.90. The molecule has 0 unspecified atom stereocenters. The fraction of sp³-hybridized carbons (Fsp3) is 0.333. The number of alkyl halides is 3. The van der Waals surface area contributed by atoms with E-state index in [0.717, 1.165) is 11.0 Å². The average molecular weight is 467 g/mol. The molecule has 0 bridgehead atoms. The Bertz CT molecular complexity index is 1300. The number of nitrogens with zero attached hydrogens (tertiary/aromatic N) is 3. The summed E-state index contributed by atoms with van der Waals surface area (Å²) in [6.45, 7) is 0. The van der Waals surface area contributed by atoms with Crippen molar-refractivity contribution in [2.24, 2.45) is 0 Å². The fourth-order valence-electron chi connectivity index (χ4n) is 4.17. The third-order valence-electron chi connectivity index (χ3n) is 5.79. The van der Waals surface area contributed by atoms with Crippen LogP contribution in [0.2, 0.25) is 0 Å². The van der Waals surface area contributed by atoms with Gasteiger partial charge in [0.2, 0.25) is 0 Å². The molecule has 1 aromatic carbocycles. The Morgan fingerprint density at radius 1 is 1.22 bits per heavy atom. The van der Waals surface area contributed by atoms with Gasteiger partial charge >= 0.3 is 12.1 Å². The van der Waals surface area contributed by atoms with Gasteiger partial charge in [0.1, 0.15) is 5.75 Å². The summed E-state index contributed by atoms with van der Waals surface area (Å²) >= 11 is 0. The third kappa shape index (κ3) is 3.60. The molecule has 2 aromatic heterocycles.